The highest BCUT2D eigenvalue weighted by Crippen LogP contribution is 2.31. The zero-order valence-electron chi connectivity index (χ0n) is 10.4. The number of nitrogens with one attached hydrogen (secondary N) is 1. The number of hydrogen-bond acceptors (Lipinski definition) is 5. The summed E-state index contributed by atoms with van der Waals surface area (Å²) in [5.41, 5.74) is -0.487. The SMILES string of the molecule is Cn1ncnc1NS(=O)(=O)c1ccc(Cl)c(C(=O)O)c1Cl. The quantitative estimate of drug-likeness (QED) is 0.865. The van der Waals surface area contributed by atoms with E-state index in [9.17, 15) is 13.2 Å². The molecule has 0 aliphatic carbocycles. The number of carbonyl (C=O) groups is 1. The van der Waals surface area contributed by atoms with Crippen LogP contribution in [0, 0.1) is 0 Å². The molecule has 21 heavy (non-hydrogen) atoms. The maximum Gasteiger partial charge on any atom is 0.338 e. The zero-order valence-corrected chi connectivity index (χ0v) is 12.7. The second-order valence-corrected chi connectivity index (χ2v) is 6.29. The summed E-state index contributed by atoms with van der Waals surface area (Å²) in [6, 6.07) is 2.25. The molecule has 1 aromatic carbocycles. The molecule has 0 aliphatic rings. The van der Waals surface area contributed by atoms with Crippen LogP contribution in [0.4, 0.5) is 5.95 Å². The third kappa shape index (κ3) is 2.94. The first-order valence-corrected chi connectivity index (χ1v) is 7.56. The molecule has 0 saturated carbocycles. The van der Waals surface area contributed by atoms with Crippen molar-refractivity contribution in [2.75, 3.05) is 4.72 Å². The molecule has 0 spiro atoms. The Morgan fingerprint density at radius 1 is 1.38 bits per heavy atom. The van der Waals surface area contributed by atoms with Gasteiger partial charge in [0.05, 0.1) is 15.6 Å². The van der Waals surface area contributed by atoms with E-state index in [4.69, 9.17) is 28.3 Å². The smallest absolute Gasteiger partial charge is 0.338 e. The molecular weight excluding hydrogens is 343 g/mol. The van der Waals surface area contributed by atoms with Crippen molar-refractivity contribution in [3.05, 3.63) is 34.1 Å². The average molecular weight is 351 g/mol. The van der Waals surface area contributed by atoms with Gasteiger partial charge >= 0.3 is 5.97 Å². The normalized spacial score (nSPS) is 11.4. The van der Waals surface area contributed by atoms with Crippen LogP contribution >= 0.6 is 23.2 Å². The predicted molar refractivity (Wildman–Crippen MR) is 75.2 cm³/mol. The maximum absolute atomic E-state index is 12.2. The largest absolute Gasteiger partial charge is 0.478 e. The number of carboxylic acid groups (broad SMARTS) is 1. The van der Waals surface area contributed by atoms with E-state index in [1.165, 1.54) is 11.7 Å². The molecule has 2 N–H and O–H groups in total. The number of carboxylic acids is 1. The topological polar surface area (TPSA) is 114 Å². The number of rotatable bonds is 4. The third-order valence-corrected chi connectivity index (χ3v) is 4.69. The minimum atomic E-state index is -4.14. The Hall–Kier alpha value is -1.84. The highest BCUT2D eigenvalue weighted by molar-refractivity contribution is 7.92. The summed E-state index contributed by atoms with van der Waals surface area (Å²) < 4.78 is 27.8. The number of benzene rings is 1. The Balaban J connectivity index is 2.53. The summed E-state index contributed by atoms with van der Waals surface area (Å²) in [4.78, 5) is 14.4. The number of hydrogen-bond donors (Lipinski definition) is 2. The predicted octanol–water partition coefficient (Wildman–Crippen LogP) is 1.62. The van der Waals surface area contributed by atoms with E-state index in [2.05, 4.69) is 14.8 Å². The van der Waals surface area contributed by atoms with Crippen LogP contribution in [-0.4, -0.2) is 34.3 Å². The summed E-state index contributed by atoms with van der Waals surface area (Å²) in [6.07, 6.45) is 1.16. The second-order valence-electron chi connectivity index (χ2n) is 3.85. The highest BCUT2D eigenvalue weighted by atomic mass is 35.5. The van der Waals surface area contributed by atoms with Crippen molar-refractivity contribution in [3.63, 3.8) is 0 Å². The lowest BCUT2D eigenvalue weighted by Crippen LogP contribution is -2.17. The Morgan fingerprint density at radius 2 is 2.05 bits per heavy atom. The minimum Gasteiger partial charge on any atom is -0.478 e. The van der Waals surface area contributed by atoms with Crippen LogP contribution in [-0.2, 0) is 17.1 Å². The van der Waals surface area contributed by atoms with Gasteiger partial charge in [0, 0.05) is 7.05 Å². The molecule has 2 rings (SSSR count). The van der Waals surface area contributed by atoms with E-state index < -0.39 is 31.5 Å². The molecule has 1 heterocycles. The molecule has 8 nitrogen and oxygen atoms in total. The molecule has 0 amide bonds. The van der Waals surface area contributed by atoms with Crippen LogP contribution < -0.4 is 4.72 Å². The van der Waals surface area contributed by atoms with E-state index >= 15 is 0 Å². The molecule has 0 fully saturated rings. The molecular formula is C10H8Cl2N4O4S. The van der Waals surface area contributed by atoms with Gasteiger partial charge in [0.2, 0.25) is 5.95 Å². The van der Waals surface area contributed by atoms with Crippen molar-refractivity contribution in [1.29, 1.82) is 0 Å². The maximum atomic E-state index is 12.2. The third-order valence-electron chi connectivity index (χ3n) is 2.50. The van der Waals surface area contributed by atoms with Crippen molar-refractivity contribution < 1.29 is 18.3 Å². The second kappa shape index (κ2) is 5.51. The summed E-state index contributed by atoms with van der Waals surface area (Å²) in [5.74, 6) is -1.47. The number of sulfonamides is 1. The monoisotopic (exact) mass is 350 g/mol. The van der Waals surface area contributed by atoms with Crippen molar-refractivity contribution in [1.82, 2.24) is 14.8 Å². The fraction of sp³-hybridized carbons (Fsp3) is 0.100. The molecule has 0 saturated heterocycles. The van der Waals surface area contributed by atoms with Crippen LogP contribution in [0.2, 0.25) is 10.0 Å². The average Bonchev–Trinajstić information content (AvgIpc) is 2.73. The van der Waals surface area contributed by atoms with Crippen molar-refractivity contribution >= 4 is 45.1 Å². The summed E-state index contributed by atoms with van der Waals surface area (Å²) in [5, 5.41) is 12.1. The summed E-state index contributed by atoms with van der Waals surface area (Å²) in [7, 11) is -2.65. The standard InChI is InChI=1S/C10H8Cl2N4O4S/c1-16-10(13-4-14-16)15-21(19,20)6-3-2-5(11)7(8(6)12)9(17)18/h2-4H,1H3,(H,17,18)(H,13,14,15). The molecule has 0 unspecified atom stereocenters. The summed E-state index contributed by atoms with van der Waals surface area (Å²) in [6.45, 7) is 0. The lowest BCUT2D eigenvalue weighted by Gasteiger charge is -2.10. The van der Waals surface area contributed by atoms with E-state index in [0.29, 0.717) is 0 Å². The van der Waals surface area contributed by atoms with Crippen molar-refractivity contribution in [2.45, 2.75) is 4.90 Å². The first-order valence-electron chi connectivity index (χ1n) is 5.32. The minimum absolute atomic E-state index is 0.0436. The van der Waals surface area contributed by atoms with Gasteiger partial charge in [0.1, 0.15) is 11.2 Å². The van der Waals surface area contributed by atoms with Gasteiger partial charge in [-0.05, 0) is 12.1 Å². The van der Waals surface area contributed by atoms with E-state index in [0.717, 1.165) is 18.5 Å². The Labute approximate surface area is 129 Å². The van der Waals surface area contributed by atoms with Crippen LogP contribution in [0.25, 0.3) is 0 Å². The Kier molecular flexibility index (Phi) is 4.08. The van der Waals surface area contributed by atoms with Gasteiger partial charge < -0.3 is 5.11 Å². The Morgan fingerprint density at radius 3 is 2.57 bits per heavy atom. The molecule has 0 radical (unpaired) electrons. The highest BCUT2D eigenvalue weighted by Gasteiger charge is 2.25. The number of aromatic carboxylic acids is 1. The Bertz CT molecular complexity index is 818. The molecule has 0 bridgehead atoms. The molecule has 11 heteroatoms. The van der Waals surface area contributed by atoms with Crippen LogP contribution in [0.15, 0.2) is 23.4 Å². The molecule has 1 aromatic heterocycles. The van der Waals surface area contributed by atoms with Crippen LogP contribution in [0.1, 0.15) is 10.4 Å². The zero-order chi connectivity index (χ0) is 15.8. The van der Waals surface area contributed by atoms with Gasteiger partial charge in [0.25, 0.3) is 10.0 Å². The van der Waals surface area contributed by atoms with E-state index in [-0.39, 0.29) is 11.0 Å². The lowest BCUT2D eigenvalue weighted by atomic mass is 10.2. The van der Waals surface area contributed by atoms with Crippen molar-refractivity contribution in [2.24, 2.45) is 7.05 Å². The molecule has 112 valence electrons. The number of anilines is 1. The fourth-order valence-electron chi connectivity index (χ4n) is 1.50. The van der Waals surface area contributed by atoms with Crippen LogP contribution in [0.5, 0.6) is 0 Å². The molecule has 2 aromatic rings. The fourth-order valence-corrected chi connectivity index (χ4v) is 3.46. The van der Waals surface area contributed by atoms with E-state index in [1.807, 2.05) is 0 Å². The van der Waals surface area contributed by atoms with E-state index in [1.54, 1.807) is 0 Å². The van der Waals surface area contributed by atoms with Gasteiger partial charge in [-0.3, -0.25) is 0 Å². The molecule has 0 aliphatic heterocycles. The number of aromatic nitrogens is 3. The van der Waals surface area contributed by atoms with Gasteiger partial charge in [-0.15, -0.1) is 0 Å². The van der Waals surface area contributed by atoms with Gasteiger partial charge in [-0.2, -0.15) is 10.1 Å². The van der Waals surface area contributed by atoms with Crippen LogP contribution in [0.3, 0.4) is 0 Å². The lowest BCUT2D eigenvalue weighted by molar-refractivity contribution is 0.0697. The number of nitrogens with zero attached hydrogens (tertiary/aromatic N) is 3. The first-order chi connectivity index (χ1) is 9.74. The number of aryl methyl sites for hydroxylation is 1. The van der Waals surface area contributed by atoms with Gasteiger partial charge in [-0.1, -0.05) is 23.2 Å². The summed E-state index contributed by atoms with van der Waals surface area (Å²) >= 11 is 11.6. The van der Waals surface area contributed by atoms with Crippen molar-refractivity contribution in [3.8, 4) is 0 Å². The number of halogens is 2. The molecule has 0 atom stereocenters. The van der Waals surface area contributed by atoms with Gasteiger partial charge in [0.15, 0.2) is 0 Å². The van der Waals surface area contributed by atoms with Gasteiger partial charge in [-0.25, -0.2) is 22.6 Å². The first kappa shape index (κ1) is 15.5.